The zero-order chi connectivity index (χ0) is 14.8. The van der Waals surface area contributed by atoms with E-state index in [4.69, 9.17) is 0 Å². The van der Waals surface area contributed by atoms with Crippen LogP contribution in [0.2, 0.25) is 0 Å². The molecular formula is C14H11BrN4O2. The van der Waals surface area contributed by atoms with Crippen LogP contribution in [0.5, 0.6) is 0 Å². The van der Waals surface area contributed by atoms with E-state index in [9.17, 15) is 4.79 Å². The minimum Gasteiger partial charge on any atom is -0.463 e. The van der Waals surface area contributed by atoms with Crippen molar-refractivity contribution in [2.45, 2.75) is 6.54 Å². The van der Waals surface area contributed by atoms with E-state index < -0.39 is 5.97 Å². The van der Waals surface area contributed by atoms with Gasteiger partial charge in [-0.3, -0.25) is 4.98 Å². The van der Waals surface area contributed by atoms with E-state index in [1.165, 1.54) is 13.4 Å². The molecule has 7 heteroatoms. The summed E-state index contributed by atoms with van der Waals surface area (Å²) in [6.07, 6.45) is 3.25. The second kappa shape index (κ2) is 5.61. The van der Waals surface area contributed by atoms with Crippen molar-refractivity contribution in [1.29, 1.82) is 0 Å². The Balaban J connectivity index is 1.97. The molecule has 1 aromatic carbocycles. The number of pyridine rings is 1. The Morgan fingerprint density at radius 3 is 3.00 bits per heavy atom. The standard InChI is InChI=1S/C14H11BrN4O2/c1-21-14(20)13-17-8-19(18-13)7-9-4-5-11(15)10-3-2-6-16-12(9)10/h2-6,8H,7H2,1H3. The summed E-state index contributed by atoms with van der Waals surface area (Å²) in [5.41, 5.74) is 1.89. The summed E-state index contributed by atoms with van der Waals surface area (Å²) in [4.78, 5) is 19.7. The molecule has 0 atom stereocenters. The summed E-state index contributed by atoms with van der Waals surface area (Å²) in [6.45, 7) is 0.477. The Bertz CT molecular complexity index is 816. The quantitative estimate of drug-likeness (QED) is 0.681. The minimum atomic E-state index is -0.549. The maximum atomic E-state index is 11.4. The average Bonchev–Trinajstić information content (AvgIpc) is 2.98. The number of esters is 1. The van der Waals surface area contributed by atoms with Crippen molar-refractivity contribution in [2.24, 2.45) is 0 Å². The third-order valence-electron chi connectivity index (χ3n) is 3.04. The van der Waals surface area contributed by atoms with Crippen molar-refractivity contribution >= 4 is 32.8 Å². The normalized spacial score (nSPS) is 10.8. The first-order valence-electron chi connectivity index (χ1n) is 6.19. The fourth-order valence-corrected chi connectivity index (χ4v) is 2.51. The number of methoxy groups -OCH3 is 1. The molecule has 0 unspecified atom stereocenters. The molecule has 21 heavy (non-hydrogen) atoms. The highest BCUT2D eigenvalue weighted by Crippen LogP contribution is 2.25. The van der Waals surface area contributed by atoms with Crippen LogP contribution in [0.1, 0.15) is 16.2 Å². The van der Waals surface area contributed by atoms with Crippen LogP contribution in [0.15, 0.2) is 41.3 Å². The van der Waals surface area contributed by atoms with Gasteiger partial charge in [0, 0.05) is 16.1 Å². The third-order valence-corrected chi connectivity index (χ3v) is 3.73. The predicted octanol–water partition coefficient (Wildman–Crippen LogP) is 2.42. The maximum absolute atomic E-state index is 11.4. The molecule has 3 rings (SSSR count). The number of ether oxygens (including phenoxy) is 1. The lowest BCUT2D eigenvalue weighted by molar-refractivity contribution is 0.0586. The molecule has 2 aromatic heterocycles. The number of aromatic nitrogens is 4. The zero-order valence-corrected chi connectivity index (χ0v) is 12.7. The first-order chi connectivity index (χ1) is 10.2. The van der Waals surface area contributed by atoms with Gasteiger partial charge >= 0.3 is 5.97 Å². The van der Waals surface area contributed by atoms with E-state index in [-0.39, 0.29) is 5.82 Å². The molecule has 0 aliphatic carbocycles. The fraction of sp³-hybridized carbons (Fsp3) is 0.143. The molecule has 106 valence electrons. The van der Waals surface area contributed by atoms with E-state index in [0.717, 1.165) is 20.9 Å². The first kappa shape index (κ1) is 13.7. The number of carbonyl (C=O) groups is 1. The molecule has 0 aliphatic rings. The van der Waals surface area contributed by atoms with Crippen molar-refractivity contribution < 1.29 is 9.53 Å². The van der Waals surface area contributed by atoms with Crippen LogP contribution in [0, 0.1) is 0 Å². The van der Waals surface area contributed by atoms with Gasteiger partial charge < -0.3 is 4.74 Å². The SMILES string of the molecule is COC(=O)c1ncn(Cc2ccc(Br)c3cccnc23)n1. The summed E-state index contributed by atoms with van der Waals surface area (Å²) < 4.78 is 7.17. The Morgan fingerprint density at radius 2 is 2.19 bits per heavy atom. The molecule has 2 heterocycles. The van der Waals surface area contributed by atoms with Crippen LogP contribution in [-0.4, -0.2) is 32.8 Å². The number of halogens is 1. The van der Waals surface area contributed by atoms with Gasteiger partial charge in [-0.05, 0) is 17.7 Å². The summed E-state index contributed by atoms with van der Waals surface area (Å²) >= 11 is 3.51. The average molecular weight is 347 g/mol. The van der Waals surface area contributed by atoms with Crippen molar-refractivity contribution in [2.75, 3.05) is 7.11 Å². The van der Waals surface area contributed by atoms with Crippen LogP contribution in [-0.2, 0) is 11.3 Å². The van der Waals surface area contributed by atoms with Crippen molar-refractivity contribution in [3.05, 3.63) is 52.7 Å². The van der Waals surface area contributed by atoms with E-state index in [2.05, 4.69) is 35.7 Å². The number of nitrogens with zero attached hydrogens (tertiary/aromatic N) is 4. The maximum Gasteiger partial charge on any atom is 0.377 e. The van der Waals surface area contributed by atoms with Gasteiger partial charge in [0.05, 0.1) is 19.2 Å². The molecule has 0 bridgehead atoms. The van der Waals surface area contributed by atoms with Crippen LogP contribution >= 0.6 is 15.9 Å². The molecule has 0 radical (unpaired) electrons. The molecule has 0 N–H and O–H groups in total. The highest BCUT2D eigenvalue weighted by atomic mass is 79.9. The van der Waals surface area contributed by atoms with Gasteiger partial charge in [0.25, 0.3) is 5.82 Å². The van der Waals surface area contributed by atoms with Crippen molar-refractivity contribution in [3.8, 4) is 0 Å². The smallest absolute Gasteiger partial charge is 0.377 e. The van der Waals surface area contributed by atoms with Gasteiger partial charge in [-0.2, -0.15) is 0 Å². The molecule has 3 aromatic rings. The lowest BCUT2D eigenvalue weighted by Gasteiger charge is -2.07. The molecule has 0 aliphatic heterocycles. The van der Waals surface area contributed by atoms with Gasteiger partial charge in [-0.1, -0.05) is 28.1 Å². The van der Waals surface area contributed by atoms with Gasteiger partial charge in [0.1, 0.15) is 6.33 Å². The number of rotatable bonds is 3. The summed E-state index contributed by atoms with van der Waals surface area (Å²) in [5, 5.41) is 5.13. The Kier molecular flexibility index (Phi) is 3.66. The second-order valence-electron chi connectivity index (χ2n) is 4.36. The van der Waals surface area contributed by atoms with Gasteiger partial charge in [-0.15, -0.1) is 5.10 Å². The number of fused-ring (bicyclic) bond motifs is 1. The lowest BCUT2D eigenvalue weighted by atomic mass is 10.1. The first-order valence-corrected chi connectivity index (χ1v) is 6.98. The van der Waals surface area contributed by atoms with E-state index in [1.54, 1.807) is 10.9 Å². The third kappa shape index (κ3) is 2.64. The minimum absolute atomic E-state index is 0.0480. The van der Waals surface area contributed by atoms with E-state index in [0.29, 0.717) is 6.54 Å². The van der Waals surface area contributed by atoms with Crippen LogP contribution in [0.25, 0.3) is 10.9 Å². The van der Waals surface area contributed by atoms with E-state index in [1.807, 2.05) is 24.3 Å². The Hall–Kier alpha value is -2.28. The largest absolute Gasteiger partial charge is 0.463 e. The van der Waals surface area contributed by atoms with Crippen molar-refractivity contribution in [1.82, 2.24) is 19.7 Å². The molecule has 0 saturated heterocycles. The molecule has 6 nitrogen and oxygen atoms in total. The highest BCUT2D eigenvalue weighted by molar-refractivity contribution is 9.10. The summed E-state index contributed by atoms with van der Waals surface area (Å²) in [5.74, 6) is -0.501. The van der Waals surface area contributed by atoms with Gasteiger partial charge in [-0.25, -0.2) is 14.5 Å². The Morgan fingerprint density at radius 1 is 1.33 bits per heavy atom. The molecule has 0 spiro atoms. The number of carbonyl (C=O) groups excluding carboxylic acids is 1. The number of hydrogen-bond acceptors (Lipinski definition) is 5. The van der Waals surface area contributed by atoms with Crippen LogP contribution < -0.4 is 0 Å². The van der Waals surface area contributed by atoms with Gasteiger partial charge in [0.2, 0.25) is 0 Å². The monoisotopic (exact) mass is 346 g/mol. The van der Waals surface area contributed by atoms with Gasteiger partial charge in [0.15, 0.2) is 0 Å². The second-order valence-corrected chi connectivity index (χ2v) is 5.22. The predicted molar refractivity (Wildman–Crippen MR) is 79.9 cm³/mol. The molecule has 0 saturated carbocycles. The molecular weight excluding hydrogens is 336 g/mol. The van der Waals surface area contributed by atoms with Crippen LogP contribution in [0.4, 0.5) is 0 Å². The molecule has 0 amide bonds. The molecule has 0 fully saturated rings. The zero-order valence-electron chi connectivity index (χ0n) is 11.2. The topological polar surface area (TPSA) is 69.9 Å². The summed E-state index contributed by atoms with van der Waals surface area (Å²) in [6, 6.07) is 7.83. The summed E-state index contributed by atoms with van der Waals surface area (Å²) in [7, 11) is 1.30. The number of hydrogen-bond donors (Lipinski definition) is 0. The highest BCUT2D eigenvalue weighted by Gasteiger charge is 2.12. The number of benzene rings is 1. The Labute approximate surface area is 128 Å². The lowest BCUT2D eigenvalue weighted by Crippen LogP contribution is -2.07. The van der Waals surface area contributed by atoms with E-state index >= 15 is 0 Å². The fourth-order valence-electron chi connectivity index (χ4n) is 2.05. The van der Waals surface area contributed by atoms with Crippen molar-refractivity contribution in [3.63, 3.8) is 0 Å². The van der Waals surface area contributed by atoms with Crippen LogP contribution in [0.3, 0.4) is 0 Å².